The van der Waals surface area contributed by atoms with Crippen molar-refractivity contribution >= 4 is 17.2 Å². The summed E-state index contributed by atoms with van der Waals surface area (Å²) in [5.74, 6) is -0.707. The number of aliphatic hydroxyl groups excluding tert-OH is 1. The van der Waals surface area contributed by atoms with E-state index in [1.54, 1.807) is 24.3 Å². The number of anilines is 2. The molecule has 0 atom stereocenters. The molecule has 0 unspecified atom stereocenters. The summed E-state index contributed by atoms with van der Waals surface area (Å²) < 4.78 is 0. The third-order valence-electron chi connectivity index (χ3n) is 2.47. The summed E-state index contributed by atoms with van der Waals surface area (Å²) in [6.07, 6.45) is -1.96. The zero-order chi connectivity index (χ0) is 13.0. The minimum Gasteiger partial charge on any atom is -0.362 e. The molecule has 0 amide bonds. The Hall–Kier alpha value is -2.17. The van der Waals surface area contributed by atoms with Gasteiger partial charge in [-0.2, -0.15) is 0 Å². The average molecular weight is 243 g/mol. The van der Waals surface area contributed by atoms with Gasteiger partial charge in [-0.05, 0) is 36.4 Å². The van der Waals surface area contributed by atoms with Gasteiger partial charge in [0.2, 0.25) is 12.1 Å². The Balaban J connectivity index is 2.11. The van der Waals surface area contributed by atoms with Crippen molar-refractivity contribution in [3.05, 3.63) is 60.2 Å². The molecule has 2 aromatic rings. The van der Waals surface area contributed by atoms with Gasteiger partial charge in [0, 0.05) is 16.9 Å². The molecular formula is C14H13NO3. The van der Waals surface area contributed by atoms with Gasteiger partial charge in [-0.1, -0.05) is 18.2 Å². The van der Waals surface area contributed by atoms with E-state index in [9.17, 15) is 4.79 Å². The number of ketones is 1. The topological polar surface area (TPSA) is 69.6 Å². The third-order valence-corrected chi connectivity index (χ3v) is 2.47. The monoisotopic (exact) mass is 243 g/mol. The lowest BCUT2D eigenvalue weighted by Gasteiger charge is -2.07. The Morgan fingerprint density at radius 1 is 0.889 bits per heavy atom. The standard InChI is InChI=1S/C14H13NO3/c16-13(14(17)18)10-6-8-12(9-7-10)15-11-4-2-1-3-5-11/h1-9,14-15,17-18H. The van der Waals surface area contributed by atoms with Crippen LogP contribution in [0, 0.1) is 0 Å². The van der Waals surface area contributed by atoms with Crippen LogP contribution in [0.3, 0.4) is 0 Å². The number of aliphatic hydroxyl groups is 2. The number of hydrogen-bond acceptors (Lipinski definition) is 4. The fourth-order valence-electron chi connectivity index (χ4n) is 1.56. The summed E-state index contributed by atoms with van der Waals surface area (Å²) in [6, 6.07) is 16.1. The number of Topliss-reactive ketones (excluding diaryl/α,β-unsaturated/α-hetero) is 1. The maximum Gasteiger partial charge on any atom is 0.218 e. The van der Waals surface area contributed by atoms with E-state index in [0.29, 0.717) is 0 Å². The molecule has 2 aromatic carbocycles. The van der Waals surface area contributed by atoms with Crippen LogP contribution in [0.5, 0.6) is 0 Å². The lowest BCUT2D eigenvalue weighted by atomic mass is 10.1. The second kappa shape index (κ2) is 5.44. The SMILES string of the molecule is O=C(c1ccc(Nc2ccccc2)cc1)C(O)O. The highest BCUT2D eigenvalue weighted by atomic mass is 16.5. The summed E-state index contributed by atoms with van der Waals surface area (Å²) in [6.45, 7) is 0. The predicted molar refractivity (Wildman–Crippen MR) is 68.7 cm³/mol. The summed E-state index contributed by atoms with van der Waals surface area (Å²) >= 11 is 0. The number of carbonyl (C=O) groups excluding carboxylic acids is 1. The molecule has 18 heavy (non-hydrogen) atoms. The van der Waals surface area contributed by atoms with E-state index in [4.69, 9.17) is 10.2 Å². The zero-order valence-corrected chi connectivity index (χ0v) is 9.58. The molecule has 0 aliphatic heterocycles. The highest BCUT2D eigenvalue weighted by Gasteiger charge is 2.13. The molecule has 4 nitrogen and oxygen atoms in total. The molecule has 92 valence electrons. The van der Waals surface area contributed by atoms with Gasteiger partial charge >= 0.3 is 0 Å². The summed E-state index contributed by atoms with van der Waals surface area (Å²) in [5, 5.41) is 20.7. The molecule has 3 N–H and O–H groups in total. The van der Waals surface area contributed by atoms with Crippen molar-refractivity contribution < 1.29 is 15.0 Å². The largest absolute Gasteiger partial charge is 0.362 e. The average Bonchev–Trinajstić information content (AvgIpc) is 2.40. The van der Waals surface area contributed by atoms with Crippen LogP contribution in [-0.4, -0.2) is 22.3 Å². The van der Waals surface area contributed by atoms with E-state index in [1.807, 2.05) is 30.3 Å². The lowest BCUT2D eigenvalue weighted by molar-refractivity contribution is -0.0195. The van der Waals surface area contributed by atoms with Crippen LogP contribution < -0.4 is 5.32 Å². The lowest BCUT2D eigenvalue weighted by Crippen LogP contribution is -2.19. The van der Waals surface area contributed by atoms with Crippen molar-refractivity contribution in [1.82, 2.24) is 0 Å². The Morgan fingerprint density at radius 2 is 1.44 bits per heavy atom. The maximum absolute atomic E-state index is 11.3. The molecule has 2 rings (SSSR count). The molecule has 0 aliphatic rings. The fourth-order valence-corrected chi connectivity index (χ4v) is 1.56. The van der Waals surface area contributed by atoms with Crippen LogP contribution in [0.25, 0.3) is 0 Å². The van der Waals surface area contributed by atoms with Crippen molar-refractivity contribution in [1.29, 1.82) is 0 Å². The first-order valence-corrected chi connectivity index (χ1v) is 5.49. The van der Waals surface area contributed by atoms with E-state index in [0.717, 1.165) is 11.4 Å². The third kappa shape index (κ3) is 2.94. The van der Waals surface area contributed by atoms with Crippen molar-refractivity contribution in [3.63, 3.8) is 0 Å². The first-order valence-electron chi connectivity index (χ1n) is 5.49. The number of para-hydroxylation sites is 1. The highest BCUT2D eigenvalue weighted by Crippen LogP contribution is 2.17. The molecule has 0 aromatic heterocycles. The molecule has 0 heterocycles. The molecule has 0 fully saturated rings. The van der Waals surface area contributed by atoms with Crippen LogP contribution in [0.15, 0.2) is 54.6 Å². The number of carbonyl (C=O) groups is 1. The molecule has 4 heteroatoms. The van der Waals surface area contributed by atoms with Crippen molar-refractivity contribution in [2.24, 2.45) is 0 Å². The maximum atomic E-state index is 11.3. The van der Waals surface area contributed by atoms with E-state index in [-0.39, 0.29) is 5.56 Å². The molecule has 0 aliphatic carbocycles. The Bertz CT molecular complexity index is 520. The van der Waals surface area contributed by atoms with Crippen molar-refractivity contribution in [3.8, 4) is 0 Å². The van der Waals surface area contributed by atoms with Gasteiger partial charge in [-0.3, -0.25) is 4.79 Å². The first-order chi connectivity index (χ1) is 8.66. The minimum absolute atomic E-state index is 0.267. The Morgan fingerprint density at radius 3 is 2.00 bits per heavy atom. The van der Waals surface area contributed by atoms with Crippen LogP contribution in [0.4, 0.5) is 11.4 Å². The number of rotatable bonds is 4. The van der Waals surface area contributed by atoms with Crippen LogP contribution in [0.1, 0.15) is 10.4 Å². The van der Waals surface area contributed by atoms with Gasteiger partial charge < -0.3 is 15.5 Å². The molecule has 0 saturated carbocycles. The van der Waals surface area contributed by atoms with Crippen molar-refractivity contribution in [2.75, 3.05) is 5.32 Å². The molecular weight excluding hydrogens is 230 g/mol. The van der Waals surface area contributed by atoms with Gasteiger partial charge in [0.1, 0.15) is 0 Å². The Kier molecular flexibility index (Phi) is 3.72. The van der Waals surface area contributed by atoms with E-state index >= 15 is 0 Å². The second-order valence-electron chi connectivity index (χ2n) is 3.81. The van der Waals surface area contributed by atoms with E-state index in [2.05, 4.69) is 5.32 Å². The summed E-state index contributed by atoms with van der Waals surface area (Å²) in [5.41, 5.74) is 2.03. The van der Waals surface area contributed by atoms with E-state index in [1.165, 1.54) is 0 Å². The second-order valence-corrected chi connectivity index (χ2v) is 3.81. The van der Waals surface area contributed by atoms with Gasteiger partial charge in [0.25, 0.3) is 0 Å². The normalized spacial score (nSPS) is 10.4. The fraction of sp³-hybridized carbons (Fsp3) is 0.0714. The van der Waals surface area contributed by atoms with Crippen LogP contribution in [-0.2, 0) is 0 Å². The molecule has 0 radical (unpaired) electrons. The number of hydrogen-bond donors (Lipinski definition) is 3. The quantitative estimate of drug-likeness (QED) is 0.567. The smallest absolute Gasteiger partial charge is 0.218 e. The summed E-state index contributed by atoms with van der Waals surface area (Å²) in [4.78, 5) is 11.3. The molecule has 0 saturated heterocycles. The first kappa shape index (κ1) is 12.3. The van der Waals surface area contributed by atoms with Crippen molar-refractivity contribution in [2.45, 2.75) is 6.29 Å². The molecule has 0 spiro atoms. The van der Waals surface area contributed by atoms with Gasteiger partial charge in [0.15, 0.2) is 0 Å². The van der Waals surface area contributed by atoms with Gasteiger partial charge in [0.05, 0.1) is 0 Å². The predicted octanol–water partition coefficient (Wildman–Crippen LogP) is 1.92. The zero-order valence-electron chi connectivity index (χ0n) is 9.58. The van der Waals surface area contributed by atoms with Crippen LogP contribution >= 0.6 is 0 Å². The van der Waals surface area contributed by atoms with Gasteiger partial charge in [-0.25, -0.2) is 0 Å². The minimum atomic E-state index is -1.96. The Labute approximate surface area is 105 Å². The number of nitrogens with one attached hydrogen (secondary N) is 1. The highest BCUT2D eigenvalue weighted by molar-refractivity contribution is 5.98. The number of benzene rings is 2. The van der Waals surface area contributed by atoms with Crippen LogP contribution in [0.2, 0.25) is 0 Å². The summed E-state index contributed by atoms with van der Waals surface area (Å²) in [7, 11) is 0. The molecule has 0 bridgehead atoms. The van der Waals surface area contributed by atoms with Gasteiger partial charge in [-0.15, -0.1) is 0 Å². The van der Waals surface area contributed by atoms with E-state index < -0.39 is 12.1 Å².